The number of carbonyl (C=O) groups excluding carboxylic acids is 1. The maximum Gasteiger partial charge on any atom is 0.204 e. The van der Waals surface area contributed by atoms with E-state index in [1.54, 1.807) is 0 Å². The van der Waals surface area contributed by atoms with Crippen molar-refractivity contribution in [3.8, 4) is 11.3 Å². The predicted octanol–water partition coefficient (Wildman–Crippen LogP) is 3.15. The fraction of sp³-hybridized carbons (Fsp3) is 0.200. The molecule has 0 spiro atoms. The van der Waals surface area contributed by atoms with Gasteiger partial charge in [0.25, 0.3) is 0 Å². The third-order valence-electron chi connectivity index (χ3n) is 4.41. The van der Waals surface area contributed by atoms with E-state index in [1.165, 1.54) is 16.7 Å². The number of nitrogens with one attached hydrogen (secondary N) is 2. The molecule has 1 amide bonds. The van der Waals surface area contributed by atoms with Crippen LogP contribution in [0.1, 0.15) is 17.5 Å². The number of carbonyl (C=O) groups is 1. The Bertz CT molecular complexity index is 813. The van der Waals surface area contributed by atoms with Crippen LogP contribution < -0.4 is 11.1 Å². The van der Waals surface area contributed by atoms with Crippen LogP contribution in [0.4, 0.5) is 5.69 Å². The number of nitrogens with zero attached hydrogens (tertiary/aromatic N) is 1. The van der Waals surface area contributed by atoms with Gasteiger partial charge in [-0.3, -0.25) is 9.89 Å². The summed E-state index contributed by atoms with van der Waals surface area (Å²) in [5, 5.41) is 11.0. The van der Waals surface area contributed by atoms with Crippen LogP contribution in [-0.4, -0.2) is 22.6 Å². The molecule has 1 aliphatic rings. The molecule has 3 aromatic rings. The molecule has 0 fully saturated rings. The second-order valence-corrected chi connectivity index (χ2v) is 6.01. The maximum atomic E-state index is 8.58. The highest BCUT2D eigenvalue weighted by Crippen LogP contribution is 2.28. The first-order chi connectivity index (χ1) is 12.3. The van der Waals surface area contributed by atoms with Crippen molar-refractivity contribution >= 4 is 12.1 Å². The summed E-state index contributed by atoms with van der Waals surface area (Å²) in [6.45, 7) is 0. The van der Waals surface area contributed by atoms with Crippen LogP contribution in [0.3, 0.4) is 0 Å². The van der Waals surface area contributed by atoms with Gasteiger partial charge in [0.1, 0.15) is 0 Å². The normalized spacial score (nSPS) is 15.4. The number of fused-ring (bicyclic) bond motifs is 1. The van der Waals surface area contributed by atoms with E-state index in [4.69, 9.17) is 4.79 Å². The quantitative estimate of drug-likeness (QED) is 0.643. The Morgan fingerprint density at radius 2 is 1.76 bits per heavy atom. The average Bonchev–Trinajstić information content (AvgIpc) is 3.11. The van der Waals surface area contributed by atoms with Crippen LogP contribution >= 0.6 is 0 Å². The maximum absolute atomic E-state index is 8.58. The smallest absolute Gasteiger partial charge is 0.204 e. The largest absolute Gasteiger partial charge is 0.379 e. The fourth-order valence-corrected chi connectivity index (χ4v) is 3.26. The van der Waals surface area contributed by atoms with Gasteiger partial charge in [0.15, 0.2) is 0 Å². The van der Waals surface area contributed by atoms with Gasteiger partial charge in [0, 0.05) is 11.6 Å². The third kappa shape index (κ3) is 4.07. The Morgan fingerprint density at radius 3 is 2.52 bits per heavy atom. The second kappa shape index (κ2) is 8.15. The molecule has 1 aromatic heterocycles. The molecule has 0 saturated carbocycles. The van der Waals surface area contributed by atoms with Crippen LogP contribution in [-0.2, 0) is 17.6 Å². The van der Waals surface area contributed by atoms with Crippen molar-refractivity contribution in [3.05, 3.63) is 71.9 Å². The van der Waals surface area contributed by atoms with Crippen molar-refractivity contribution in [2.45, 2.75) is 25.3 Å². The monoisotopic (exact) mass is 334 g/mol. The van der Waals surface area contributed by atoms with E-state index in [2.05, 4.69) is 69.8 Å². The van der Waals surface area contributed by atoms with Crippen LogP contribution in [0.2, 0.25) is 0 Å². The molecule has 5 heteroatoms. The Morgan fingerprint density at radius 1 is 1.08 bits per heavy atom. The van der Waals surface area contributed by atoms with Gasteiger partial charge in [-0.1, -0.05) is 54.6 Å². The minimum atomic E-state index is 0.250. The minimum absolute atomic E-state index is 0.250. The van der Waals surface area contributed by atoms with E-state index in [9.17, 15) is 0 Å². The second-order valence-electron chi connectivity index (χ2n) is 6.01. The molecule has 1 aliphatic carbocycles. The summed E-state index contributed by atoms with van der Waals surface area (Å²) in [7, 11) is 0. The van der Waals surface area contributed by atoms with E-state index in [0.29, 0.717) is 6.04 Å². The number of rotatable bonds is 3. The van der Waals surface area contributed by atoms with Crippen molar-refractivity contribution in [3.63, 3.8) is 0 Å². The van der Waals surface area contributed by atoms with Crippen molar-refractivity contribution < 1.29 is 4.79 Å². The molecular formula is C20H22N4O. The lowest BCUT2D eigenvalue weighted by molar-refractivity contribution is -0.106. The first-order valence-electron chi connectivity index (χ1n) is 8.39. The van der Waals surface area contributed by atoms with E-state index in [0.717, 1.165) is 30.6 Å². The molecule has 4 N–H and O–H groups in total. The Hall–Kier alpha value is -3.08. The number of benzene rings is 2. The summed E-state index contributed by atoms with van der Waals surface area (Å²) in [6, 6.07) is 19.6. The number of hydrogen-bond donors (Lipinski definition) is 3. The Balaban J connectivity index is 0.000000569. The van der Waals surface area contributed by atoms with Gasteiger partial charge in [-0.25, -0.2) is 0 Å². The highest BCUT2D eigenvalue weighted by molar-refractivity contribution is 5.73. The fourth-order valence-electron chi connectivity index (χ4n) is 3.26. The summed E-state index contributed by atoms with van der Waals surface area (Å²) in [4.78, 5) is 8.58. The molecule has 2 aromatic carbocycles. The topological polar surface area (TPSA) is 83.8 Å². The molecule has 0 aliphatic heterocycles. The Labute approximate surface area is 147 Å². The molecule has 0 saturated heterocycles. The first kappa shape index (κ1) is 16.8. The highest BCUT2D eigenvalue weighted by Gasteiger charge is 2.19. The molecule has 4 rings (SSSR count). The van der Waals surface area contributed by atoms with Gasteiger partial charge in [-0.2, -0.15) is 5.10 Å². The number of aromatic amines is 1. The lowest BCUT2D eigenvalue weighted by Gasteiger charge is -2.26. The number of anilines is 1. The standard InChI is InChI=1S/C19H19N3.CH3NO/c1-2-7-15(8-3-1)19-18(13-20-22-19)21-17-11-10-14-6-4-5-9-16(14)12-17;2-1-3/h1-9,13,17,21H,10-12H2,(H,20,22);1H,(H2,2,3). The van der Waals surface area contributed by atoms with E-state index >= 15 is 0 Å². The van der Waals surface area contributed by atoms with Crippen molar-refractivity contribution in [1.82, 2.24) is 10.2 Å². The minimum Gasteiger partial charge on any atom is -0.379 e. The molecule has 1 heterocycles. The number of H-pyrrole nitrogens is 1. The number of nitrogens with two attached hydrogens (primary N) is 1. The Kier molecular flexibility index (Phi) is 5.46. The lowest BCUT2D eigenvalue weighted by atomic mass is 9.88. The molecule has 1 unspecified atom stereocenters. The van der Waals surface area contributed by atoms with E-state index in [-0.39, 0.29) is 6.41 Å². The summed E-state index contributed by atoms with van der Waals surface area (Å²) >= 11 is 0. The third-order valence-corrected chi connectivity index (χ3v) is 4.41. The van der Waals surface area contributed by atoms with Crippen molar-refractivity contribution in [2.24, 2.45) is 5.73 Å². The average molecular weight is 334 g/mol. The molecule has 0 bridgehead atoms. The molecule has 1 atom stereocenters. The summed E-state index contributed by atoms with van der Waals surface area (Å²) in [5.74, 6) is 0. The molecule has 0 radical (unpaired) electrons. The molecule has 5 nitrogen and oxygen atoms in total. The van der Waals surface area contributed by atoms with Gasteiger partial charge in [-0.05, 0) is 30.4 Å². The lowest BCUT2D eigenvalue weighted by Crippen LogP contribution is -2.27. The first-order valence-corrected chi connectivity index (χ1v) is 8.39. The van der Waals surface area contributed by atoms with E-state index < -0.39 is 0 Å². The van der Waals surface area contributed by atoms with Gasteiger partial charge in [0.05, 0.1) is 17.6 Å². The molecule has 25 heavy (non-hydrogen) atoms. The van der Waals surface area contributed by atoms with Crippen molar-refractivity contribution in [2.75, 3.05) is 5.32 Å². The number of hydrogen-bond acceptors (Lipinski definition) is 3. The van der Waals surface area contributed by atoms with E-state index in [1.807, 2.05) is 12.3 Å². The molecule has 128 valence electrons. The van der Waals surface area contributed by atoms with Gasteiger partial charge < -0.3 is 11.1 Å². The van der Waals surface area contributed by atoms with Gasteiger partial charge in [-0.15, -0.1) is 0 Å². The number of aryl methyl sites for hydroxylation is 1. The zero-order valence-corrected chi connectivity index (χ0v) is 14.0. The summed E-state index contributed by atoms with van der Waals surface area (Å²) in [6.07, 6.45) is 5.53. The summed E-state index contributed by atoms with van der Waals surface area (Å²) in [5.41, 5.74) is 10.5. The predicted molar refractivity (Wildman–Crippen MR) is 100 cm³/mol. The van der Waals surface area contributed by atoms with Crippen LogP contribution in [0, 0.1) is 0 Å². The van der Waals surface area contributed by atoms with Crippen LogP contribution in [0.5, 0.6) is 0 Å². The zero-order valence-electron chi connectivity index (χ0n) is 14.0. The highest BCUT2D eigenvalue weighted by atomic mass is 16.1. The summed E-state index contributed by atoms with van der Waals surface area (Å²) < 4.78 is 0. The number of amides is 1. The number of primary amides is 1. The zero-order chi connectivity index (χ0) is 17.5. The van der Waals surface area contributed by atoms with Crippen LogP contribution in [0.15, 0.2) is 60.8 Å². The van der Waals surface area contributed by atoms with Crippen LogP contribution in [0.25, 0.3) is 11.3 Å². The molecular weight excluding hydrogens is 312 g/mol. The number of aromatic nitrogens is 2. The van der Waals surface area contributed by atoms with Gasteiger partial charge >= 0.3 is 0 Å². The van der Waals surface area contributed by atoms with Crippen molar-refractivity contribution in [1.29, 1.82) is 0 Å². The SMILES string of the molecule is NC=O.c1ccc(-c2[nH]ncc2NC2CCc3ccccc3C2)cc1. The van der Waals surface area contributed by atoms with Gasteiger partial charge in [0.2, 0.25) is 6.41 Å².